The number of aryl methyl sites for hydroxylation is 1. The normalized spacial score (nSPS) is 25.6. The third-order valence-electron chi connectivity index (χ3n) is 6.34. The third kappa shape index (κ3) is 2.64. The van der Waals surface area contributed by atoms with Gasteiger partial charge in [0.05, 0.1) is 7.11 Å². The van der Waals surface area contributed by atoms with E-state index in [1.165, 1.54) is 36.8 Å². The molecular formula is C20H27NO2. The van der Waals surface area contributed by atoms with Crippen LogP contribution in [0.4, 0.5) is 0 Å². The van der Waals surface area contributed by atoms with Crippen LogP contribution in [0, 0.1) is 11.8 Å². The fourth-order valence-corrected chi connectivity index (χ4v) is 4.82. The van der Waals surface area contributed by atoms with Crippen LogP contribution in [-0.4, -0.2) is 19.6 Å². The second-order valence-electron chi connectivity index (χ2n) is 7.47. The van der Waals surface area contributed by atoms with Crippen LogP contribution in [0.15, 0.2) is 12.1 Å². The SMILES string of the molecule is COc1ccc2c3c1CCC(CCNC(=O)C1CCC1)C3CC2. The zero-order valence-electron chi connectivity index (χ0n) is 14.1. The quantitative estimate of drug-likeness (QED) is 0.902. The van der Waals surface area contributed by atoms with Gasteiger partial charge in [-0.2, -0.15) is 0 Å². The highest BCUT2D eigenvalue weighted by molar-refractivity contribution is 5.79. The maximum absolute atomic E-state index is 12.0. The molecule has 1 aromatic carbocycles. The average molecular weight is 313 g/mol. The first-order valence-corrected chi connectivity index (χ1v) is 9.24. The standard InChI is InChI=1S/C20H27NO2/c1-23-18-10-7-14-6-8-16-13(5-9-17(18)19(14)16)11-12-21-20(22)15-3-2-4-15/h7,10,13,15-16H,2-6,8-9,11-12H2,1H3,(H,21,22). The summed E-state index contributed by atoms with van der Waals surface area (Å²) >= 11 is 0. The van der Waals surface area contributed by atoms with Crippen LogP contribution in [0.5, 0.6) is 5.75 Å². The number of hydrogen-bond acceptors (Lipinski definition) is 2. The molecule has 0 radical (unpaired) electrons. The lowest BCUT2D eigenvalue weighted by Crippen LogP contribution is -2.36. The molecule has 124 valence electrons. The van der Waals surface area contributed by atoms with Crippen molar-refractivity contribution < 1.29 is 9.53 Å². The van der Waals surface area contributed by atoms with Crippen LogP contribution < -0.4 is 10.1 Å². The molecule has 4 rings (SSSR count). The van der Waals surface area contributed by atoms with Gasteiger partial charge in [0.2, 0.25) is 5.91 Å². The van der Waals surface area contributed by atoms with Crippen molar-refractivity contribution in [3.63, 3.8) is 0 Å². The van der Waals surface area contributed by atoms with E-state index in [1.807, 2.05) is 0 Å². The number of ether oxygens (including phenoxy) is 1. The molecule has 1 saturated carbocycles. The fourth-order valence-electron chi connectivity index (χ4n) is 4.82. The minimum atomic E-state index is 0.293. The van der Waals surface area contributed by atoms with E-state index < -0.39 is 0 Å². The summed E-state index contributed by atoms with van der Waals surface area (Å²) in [5, 5.41) is 3.18. The summed E-state index contributed by atoms with van der Waals surface area (Å²) in [5.74, 6) is 3.08. The Labute approximate surface area is 138 Å². The van der Waals surface area contributed by atoms with Gasteiger partial charge in [0.25, 0.3) is 0 Å². The first-order chi connectivity index (χ1) is 11.3. The molecule has 0 saturated heterocycles. The van der Waals surface area contributed by atoms with Gasteiger partial charge in [-0.25, -0.2) is 0 Å². The van der Waals surface area contributed by atoms with Crippen molar-refractivity contribution in [1.29, 1.82) is 0 Å². The molecule has 2 atom stereocenters. The molecule has 0 spiro atoms. The zero-order chi connectivity index (χ0) is 15.8. The maximum Gasteiger partial charge on any atom is 0.223 e. The highest BCUT2D eigenvalue weighted by atomic mass is 16.5. The van der Waals surface area contributed by atoms with Crippen LogP contribution >= 0.6 is 0 Å². The molecule has 3 aliphatic carbocycles. The van der Waals surface area contributed by atoms with E-state index in [4.69, 9.17) is 4.74 Å². The third-order valence-corrected chi connectivity index (χ3v) is 6.34. The summed E-state index contributed by atoms with van der Waals surface area (Å²) < 4.78 is 5.58. The molecule has 0 bridgehead atoms. The lowest BCUT2D eigenvalue weighted by molar-refractivity contribution is -0.127. The van der Waals surface area contributed by atoms with Crippen LogP contribution in [-0.2, 0) is 17.6 Å². The van der Waals surface area contributed by atoms with Gasteiger partial charge < -0.3 is 10.1 Å². The number of rotatable bonds is 5. The molecule has 1 aromatic rings. The molecule has 1 amide bonds. The van der Waals surface area contributed by atoms with Gasteiger partial charge in [0.15, 0.2) is 0 Å². The number of carbonyl (C=O) groups is 1. The van der Waals surface area contributed by atoms with Crippen molar-refractivity contribution in [2.24, 2.45) is 11.8 Å². The lowest BCUT2D eigenvalue weighted by Gasteiger charge is -2.32. The summed E-state index contributed by atoms with van der Waals surface area (Å²) in [6.07, 6.45) is 9.38. The van der Waals surface area contributed by atoms with E-state index in [1.54, 1.807) is 12.7 Å². The fraction of sp³-hybridized carbons (Fsp3) is 0.650. The highest BCUT2D eigenvalue weighted by Gasteiger charge is 2.36. The molecule has 3 heteroatoms. The Kier molecular flexibility index (Phi) is 4.04. The summed E-state index contributed by atoms with van der Waals surface area (Å²) in [5.41, 5.74) is 4.59. The largest absolute Gasteiger partial charge is 0.496 e. The number of benzene rings is 1. The lowest BCUT2D eigenvalue weighted by atomic mass is 9.74. The van der Waals surface area contributed by atoms with E-state index in [0.29, 0.717) is 17.7 Å². The summed E-state index contributed by atoms with van der Waals surface area (Å²) in [6.45, 7) is 0.852. The molecule has 2 unspecified atom stereocenters. The van der Waals surface area contributed by atoms with Gasteiger partial charge in [0.1, 0.15) is 5.75 Å². The van der Waals surface area contributed by atoms with Crippen molar-refractivity contribution in [3.8, 4) is 5.75 Å². The molecule has 23 heavy (non-hydrogen) atoms. The van der Waals surface area contributed by atoms with Crippen molar-refractivity contribution in [3.05, 3.63) is 28.8 Å². The Bertz CT molecular complexity index is 606. The van der Waals surface area contributed by atoms with E-state index in [2.05, 4.69) is 17.4 Å². The first kappa shape index (κ1) is 15.0. The van der Waals surface area contributed by atoms with E-state index in [0.717, 1.165) is 43.9 Å². The molecule has 1 N–H and O–H groups in total. The Morgan fingerprint density at radius 3 is 2.83 bits per heavy atom. The molecule has 0 aromatic heterocycles. The van der Waals surface area contributed by atoms with Crippen molar-refractivity contribution in [2.45, 2.75) is 57.3 Å². The van der Waals surface area contributed by atoms with Crippen molar-refractivity contribution >= 4 is 5.91 Å². The number of carbonyl (C=O) groups excluding carboxylic acids is 1. The van der Waals surface area contributed by atoms with Crippen LogP contribution in [0.3, 0.4) is 0 Å². The predicted molar refractivity (Wildman–Crippen MR) is 90.8 cm³/mol. The van der Waals surface area contributed by atoms with E-state index in [-0.39, 0.29) is 0 Å². The van der Waals surface area contributed by atoms with Gasteiger partial charge >= 0.3 is 0 Å². The van der Waals surface area contributed by atoms with Gasteiger partial charge in [-0.15, -0.1) is 0 Å². The monoisotopic (exact) mass is 313 g/mol. The Balaban J connectivity index is 1.41. The van der Waals surface area contributed by atoms with Gasteiger partial charge in [-0.3, -0.25) is 4.79 Å². The molecule has 0 aliphatic heterocycles. The molecular weight excluding hydrogens is 286 g/mol. The molecule has 3 aliphatic rings. The second kappa shape index (κ2) is 6.18. The zero-order valence-corrected chi connectivity index (χ0v) is 14.1. The van der Waals surface area contributed by atoms with Crippen molar-refractivity contribution in [1.82, 2.24) is 5.32 Å². The molecule has 3 nitrogen and oxygen atoms in total. The molecule has 1 fully saturated rings. The van der Waals surface area contributed by atoms with Crippen molar-refractivity contribution in [2.75, 3.05) is 13.7 Å². The summed E-state index contributed by atoms with van der Waals surface area (Å²) in [6, 6.07) is 4.41. The van der Waals surface area contributed by atoms with Gasteiger partial charge in [-0.1, -0.05) is 12.5 Å². The summed E-state index contributed by atoms with van der Waals surface area (Å²) in [7, 11) is 1.78. The Morgan fingerprint density at radius 2 is 2.09 bits per heavy atom. The topological polar surface area (TPSA) is 38.3 Å². The van der Waals surface area contributed by atoms with Crippen LogP contribution in [0.1, 0.15) is 61.1 Å². The number of methoxy groups -OCH3 is 1. The number of amides is 1. The average Bonchev–Trinajstić information content (AvgIpc) is 2.93. The number of nitrogens with one attached hydrogen (secondary N) is 1. The highest BCUT2D eigenvalue weighted by Crippen LogP contribution is 2.49. The first-order valence-electron chi connectivity index (χ1n) is 9.24. The second-order valence-corrected chi connectivity index (χ2v) is 7.47. The minimum Gasteiger partial charge on any atom is -0.496 e. The Morgan fingerprint density at radius 1 is 1.22 bits per heavy atom. The van der Waals surface area contributed by atoms with E-state index in [9.17, 15) is 4.79 Å². The van der Waals surface area contributed by atoms with Crippen LogP contribution in [0.25, 0.3) is 0 Å². The Hall–Kier alpha value is -1.51. The minimum absolute atomic E-state index is 0.293. The number of hydrogen-bond donors (Lipinski definition) is 1. The maximum atomic E-state index is 12.0. The van der Waals surface area contributed by atoms with E-state index >= 15 is 0 Å². The smallest absolute Gasteiger partial charge is 0.223 e. The van der Waals surface area contributed by atoms with Gasteiger partial charge in [0, 0.05) is 12.5 Å². The van der Waals surface area contributed by atoms with Crippen LogP contribution in [0.2, 0.25) is 0 Å². The van der Waals surface area contributed by atoms with Gasteiger partial charge in [-0.05, 0) is 79.5 Å². The summed E-state index contributed by atoms with van der Waals surface area (Å²) in [4.78, 5) is 12.0. The molecule has 0 heterocycles. The predicted octanol–water partition coefficient (Wildman–Crippen LogP) is 3.59.